The van der Waals surface area contributed by atoms with Crippen LogP contribution in [0.3, 0.4) is 0 Å². The summed E-state index contributed by atoms with van der Waals surface area (Å²) in [6.45, 7) is 0. The average molecular weight is 221 g/mol. The lowest BCUT2D eigenvalue weighted by Gasteiger charge is -2.00. The topological polar surface area (TPSA) is 66.9 Å². The van der Waals surface area contributed by atoms with Crippen molar-refractivity contribution in [1.29, 1.82) is 5.26 Å². The lowest BCUT2D eigenvalue weighted by Crippen LogP contribution is -1.92. The van der Waals surface area contributed by atoms with Crippen molar-refractivity contribution in [3.63, 3.8) is 0 Å². The predicted octanol–water partition coefficient (Wildman–Crippen LogP) is 1.66. The molecule has 3 aromatic rings. The molecular formula is C12H7N5. The zero-order valence-corrected chi connectivity index (χ0v) is 8.78. The average Bonchev–Trinajstić information content (AvgIpc) is 2.86. The molecule has 0 saturated heterocycles. The Hall–Kier alpha value is -2.74. The maximum Gasteiger partial charge on any atom is 0.177 e. The van der Waals surface area contributed by atoms with Crippen LogP contribution >= 0.6 is 0 Å². The van der Waals surface area contributed by atoms with E-state index in [1.54, 1.807) is 23.0 Å². The lowest BCUT2D eigenvalue weighted by molar-refractivity contribution is 0.932. The third kappa shape index (κ3) is 1.62. The van der Waals surface area contributed by atoms with Crippen molar-refractivity contribution in [2.24, 2.45) is 0 Å². The van der Waals surface area contributed by atoms with Gasteiger partial charge < -0.3 is 0 Å². The first-order valence-electron chi connectivity index (χ1n) is 5.04. The van der Waals surface area contributed by atoms with Gasteiger partial charge in [-0.25, -0.2) is 0 Å². The molecule has 80 valence electrons. The van der Waals surface area contributed by atoms with Crippen LogP contribution < -0.4 is 0 Å². The SMILES string of the molecule is N#Cc1ccc(-c2ccc3nncn3n2)cc1. The van der Waals surface area contributed by atoms with E-state index in [9.17, 15) is 0 Å². The van der Waals surface area contributed by atoms with Crippen LogP contribution in [0.1, 0.15) is 5.56 Å². The second kappa shape index (κ2) is 3.68. The molecule has 0 amide bonds. The van der Waals surface area contributed by atoms with Crippen LogP contribution in [0.15, 0.2) is 42.7 Å². The van der Waals surface area contributed by atoms with Crippen LogP contribution in [-0.4, -0.2) is 19.8 Å². The Bertz CT molecular complexity index is 706. The fourth-order valence-electron chi connectivity index (χ4n) is 1.60. The van der Waals surface area contributed by atoms with E-state index in [0.717, 1.165) is 11.3 Å². The summed E-state index contributed by atoms with van der Waals surface area (Å²) in [5.74, 6) is 0. The first-order chi connectivity index (χ1) is 8.36. The predicted molar refractivity (Wildman–Crippen MR) is 60.9 cm³/mol. The van der Waals surface area contributed by atoms with Crippen LogP contribution in [-0.2, 0) is 0 Å². The van der Waals surface area contributed by atoms with Gasteiger partial charge in [-0.1, -0.05) is 12.1 Å². The summed E-state index contributed by atoms with van der Waals surface area (Å²) in [4.78, 5) is 0. The summed E-state index contributed by atoms with van der Waals surface area (Å²) in [7, 11) is 0. The number of hydrogen-bond donors (Lipinski definition) is 0. The molecule has 0 spiro atoms. The molecule has 2 aromatic heterocycles. The zero-order valence-electron chi connectivity index (χ0n) is 8.78. The van der Waals surface area contributed by atoms with Gasteiger partial charge in [-0.3, -0.25) is 0 Å². The van der Waals surface area contributed by atoms with Gasteiger partial charge in [0.1, 0.15) is 6.33 Å². The molecule has 0 radical (unpaired) electrons. The molecule has 5 heteroatoms. The van der Waals surface area contributed by atoms with Crippen molar-refractivity contribution in [2.45, 2.75) is 0 Å². The molecule has 0 aliphatic rings. The van der Waals surface area contributed by atoms with E-state index in [4.69, 9.17) is 5.26 Å². The van der Waals surface area contributed by atoms with Crippen molar-refractivity contribution >= 4 is 5.65 Å². The molecule has 0 atom stereocenters. The van der Waals surface area contributed by atoms with Gasteiger partial charge in [0.25, 0.3) is 0 Å². The smallest absolute Gasteiger partial charge is 0.177 e. The van der Waals surface area contributed by atoms with Crippen molar-refractivity contribution in [3.05, 3.63) is 48.3 Å². The number of benzene rings is 1. The molecule has 0 saturated carbocycles. The summed E-state index contributed by atoms with van der Waals surface area (Å²) in [5, 5.41) is 20.8. The van der Waals surface area contributed by atoms with Gasteiger partial charge in [0, 0.05) is 5.56 Å². The highest BCUT2D eigenvalue weighted by atomic mass is 15.3. The number of hydrogen-bond acceptors (Lipinski definition) is 4. The molecule has 1 aromatic carbocycles. The van der Waals surface area contributed by atoms with E-state index in [1.807, 2.05) is 24.3 Å². The minimum atomic E-state index is 0.638. The number of aromatic nitrogens is 4. The number of fused-ring (bicyclic) bond motifs is 1. The van der Waals surface area contributed by atoms with Crippen molar-refractivity contribution < 1.29 is 0 Å². The summed E-state index contributed by atoms with van der Waals surface area (Å²) < 4.78 is 1.62. The van der Waals surface area contributed by atoms with Crippen molar-refractivity contribution in [3.8, 4) is 17.3 Å². The molecule has 0 aliphatic heterocycles. The van der Waals surface area contributed by atoms with Crippen LogP contribution in [0.25, 0.3) is 16.9 Å². The summed E-state index contributed by atoms with van der Waals surface area (Å²) in [6, 6.07) is 13.1. The van der Waals surface area contributed by atoms with Crippen LogP contribution in [0.2, 0.25) is 0 Å². The molecule has 0 aliphatic carbocycles. The minimum Gasteiger partial charge on any atom is -0.200 e. The third-order valence-electron chi connectivity index (χ3n) is 2.47. The van der Waals surface area contributed by atoms with Gasteiger partial charge >= 0.3 is 0 Å². The Morgan fingerprint density at radius 2 is 1.88 bits per heavy atom. The monoisotopic (exact) mass is 221 g/mol. The summed E-state index contributed by atoms with van der Waals surface area (Å²) >= 11 is 0. The Labute approximate surface area is 97.0 Å². The zero-order chi connectivity index (χ0) is 11.7. The maximum atomic E-state index is 8.73. The van der Waals surface area contributed by atoms with E-state index in [0.29, 0.717) is 11.2 Å². The highest BCUT2D eigenvalue weighted by molar-refractivity contribution is 5.61. The third-order valence-corrected chi connectivity index (χ3v) is 2.47. The molecular weight excluding hydrogens is 214 g/mol. The first-order valence-corrected chi connectivity index (χ1v) is 5.04. The Balaban J connectivity index is 2.10. The highest BCUT2D eigenvalue weighted by Crippen LogP contribution is 2.17. The van der Waals surface area contributed by atoms with E-state index in [1.165, 1.54) is 0 Å². The number of nitrogens with zero attached hydrogens (tertiary/aromatic N) is 5. The minimum absolute atomic E-state index is 0.638. The number of rotatable bonds is 1. The molecule has 2 heterocycles. The van der Waals surface area contributed by atoms with Gasteiger partial charge in [0.05, 0.1) is 17.3 Å². The Morgan fingerprint density at radius 3 is 2.65 bits per heavy atom. The van der Waals surface area contributed by atoms with Crippen LogP contribution in [0, 0.1) is 11.3 Å². The van der Waals surface area contributed by atoms with E-state index in [-0.39, 0.29) is 0 Å². The molecule has 5 nitrogen and oxygen atoms in total. The van der Waals surface area contributed by atoms with Crippen LogP contribution in [0.4, 0.5) is 0 Å². The van der Waals surface area contributed by atoms with Gasteiger partial charge in [-0.2, -0.15) is 14.9 Å². The highest BCUT2D eigenvalue weighted by Gasteiger charge is 2.02. The fraction of sp³-hybridized carbons (Fsp3) is 0. The molecule has 0 unspecified atom stereocenters. The molecule has 0 fully saturated rings. The lowest BCUT2D eigenvalue weighted by atomic mass is 10.1. The summed E-state index contributed by atoms with van der Waals surface area (Å²) in [6.07, 6.45) is 1.56. The molecule has 0 bridgehead atoms. The largest absolute Gasteiger partial charge is 0.200 e. The fourth-order valence-corrected chi connectivity index (χ4v) is 1.60. The standard InChI is InChI=1S/C12H7N5/c13-7-9-1-3-10(4-2-9)11-5-6-12-15-14-8-17(12)16-11/h1-6,8H. The van der Waals surface area contributed by atoms with Gasteiger partial charge in [0.15, 0.2) is 5.65 Å². The van der Waals surface area contributed by atoms with Crippen molar-refractivity contribution in [2.75, 3.05) is 0 Å². The Morgan fingerprint density at radius 1 is 1.06 bits per heavy atom. The quantitative estimate of drug-likeness (QED) is 0.626. The molecule has 3 rings (SSSR count). The van der Waals surface area contributed by atoms with Crippen molar-refractivity contribution in [1.82, 2.24) is 19.8 Å². The molecule has 17 heavy (non-hydrogen) atoms. The first kappa shape index (κ1) is 9.48. The number of nitriles is 1. The van der Waals surface area contributed by atoms with Gasteiger partial charge in [-0.05, 0) is 24.3 Å². The van der Waals surface area contributed by atoms with Crippen LogP contribution in [0.5, 0.6) is 0 Å². The Kier molecular flexibility index (Phi) is 2.06. The second-order valence-corrected chi connectivity index (χ2v) is 3.54. The normalized spacial score (nSPS) is 10.3. The second-order valence-electron chi connectivity index (χ2n) is 3.54. The van der Waals surface area contributed by atoms with E-state index >= 15 is 0 Å². The van der Waals surface area contributed by atoms with Gasteiger partial charge in [-0.15, -0.1) is 10.2 Å². The van der Waals surface area contributed by atoms with E-state index < -0.39 is 0 Å². The van der Waals surface area contributed by atoms with E-state index in [2.05, 4.69) is 21.4 Å². The maximum absolute atomic E-state index is 8.73. The summed E-state index contributed by atoms with van der Waals surface area (Å²) in [5.41, 5.74) is 3.13. The molecule has 0 N–H and O–H groups in total. The van der Waals surface area contributed by atoms with Gasteiger partial charge in [0.2, 0.25) is 0 Å².